The van der Waals surface area contributed by atoms with Gasteiger partial charge in [0, 0.05) is 7.05 Å². The van der Waals surface area contributed by atoms with Crippen LogP contribution in [0.5, 0.6) is 0 Å². The van der Waals surface area contributed by atoms with Gasteiger partial charge in [0.15, 0.2) is 0 Å². The Morgan fingerprint density at radius 3 is 2.17 bits per heavy atom. The minimum atomic E-state index is -1.37. The Bertz CT molecular complexity index is 218. The molecule has 0 aromatic carbocycles. The topological polar surface area (TPSA) is 12.4 Å². The van der Waals surface area contributed by atoms with E-state index in [0.29, 0.717) is 5.71 Å². The molecule has 0 spiro atoms. The van der Waals surface area contributed by atoms with Crippen LogP contribution in [0, 0.1) is 0 Å². The van der Waals surface area contributed by atoms with Gasteiger partial charge in [-0.05, 0) is 26.8 Å². The number of hydrogen-bond donors (Lipinski definition) is 0. The van der Waals surface area contributed by atoms with Gasteiger partial charge in [0.05, 0.1) is 5.71 Å². The zero-order chi connectivity index (χ0) is 9.78. The number of hydrogen-bond acceptors (Lipinski definition) is 1. The summed E-state index contributed by atoms with van der Waals surface area (Å²) in [6, 6.07) is 0. The minimum Gasteiger partial charge on any atom is -0.290 e. The summed E-state index contributed by atoms with van der Waals surface area (Å²) in [5.41, 5.74) is -0.0494. The molecular formula is C10H16FN. The second kappa shape index (κ2) is 4.19. The van der Waals surface area contributed by atoms with Crippen molar-refractivity contribution in [3.05, 3.63) is 24.3 Å². The van der Waals surface area contributed by atoms with E-state index in [2.05, 4.69) is 11.6 Å². The maximum atomic E-state index is 13.3. The number of nitrogens with zero attached hydrogens (tertiary/aromatic N) is 1. The number of aliphatic imine (C=N–C) groups is 1. The van der Waals surface area contributed by atoms with E-state index in [-0.39, 0.29) is 0 Å². The van der Waals surface area contributed by atoms with Gasteiger partial charge in [0.1, 0.15) is 5.67 Å². The molecular weight excluding hydrogens is 153 g/mol. The first-order valence-corrected chi connectivity index (χ1v) is 3.87. The molecule has 0 heterocycles. The van der Waals surface area contributed by atoms with Crippen molar-refractivity contribution >= 4 is 5.71 Å². The van der Waals surface area contributed by atoms with Crippen LogP contribution in [0.3, 0.4) is 0 Å². The monoisotopic (exact) mass is 169 g/mol. The third kappa shape index (κ3) is 4.06. The number of allylic oxidation sites excluding steroid dienone is 3. The highest BCUT2D eigenvalue weighted by atomic mass is 19.1. The Morgan fingerprint density at radius 2 is 1.92 bits per heavy atom. The van der Waals surface area contributed by atoms with Gasteiger partial charge in [0.25, 0.3) is 0 Å². The molecule has 0 aliphatic rings. The van der Waals surface area contributed by atoms with E-state index in [1.165, 1.54) is 13.8 Å². The summed E-state index contributed by atoms with van der Waals surface area (Å²) in [7, 11) is 1.58. The first kappa shape index (κ1) is 11.1. The van der Waals surface area contributed by atoms with Gasteiger partial charge in [-0.15, -0.1) is 0 Å². The molecule has 0 radical (unpaired) electrons. The molecule has 1 nitrogen and oxygen atoms in total. The quantitative estimate of drug-likeness (QED) is 0.455. The van der Waals surface area contributed by atoms with Crippen LogP contribution in [-0.4, -0.2) is 18.4 Å². The molecule has 68 valence electrons. The molecule has 0 aromatic heterocycles. The van der Waals surface area contributed by atoms with Crippen LogP contribution in [0.2, 0.25) is 0 Å². The van der Waals surface area contributed by atoms with Gasteiger partial charge in [-0.3, -0.25) is 4.99 Å². The van der Waals surface area contributed by atoms with Crippen molar-refractivity contribution in [1.82, 2.24) is 0 Å². The Balaban J connectivity index is 4.53. The van der Waals surface area contributed by atoms with Crippen molar-refractivity contribution in [2.75, 3.05) is 7.05 Å². The van der Waals surface area contributed by atoms with E-state index in [1.54, 1.807) is 19.2 Å². The predicted octanol–water partition coefficient (Wildman–Crippen LogP) is 2.94. The zero-order valence-corrected chi connectivity index (χ0v) is 8.19. The summed E-state index contributed by atoms with van der Waals surface area (Å²) in [4.78, 5) is 3.84. The van der Waals surface area contributed by atoms with Crippen LogP contribution < -0.4 is 0 Å². The highest BCUT2D eigenvalue weighted by Gasteiger charge is 2.20. The van der Waals surface area contributed by atoms with Gasteiger partial charge < -0.3 is 0 Å². The van der Waals surface area contributed by atoms with Gasteiger partial charge in [0.2, 0.25) is 0 Å². The Labute approximate surface area is 73.7 Å². The Hall–Kier alpha value is -0.920. The molecule has 0 saturated carbocycles. The molecule has 0 aliphatic carbocycles. The van der Waals surface area contributed by atoms with Gasteiger partial charge in [-0.1, -0.05) is 18.2 Å². The third-order valence-electron chi connectivity index (χ3n) is 1.38. The van der Waals surface area contributed by atoms with Crippen molar-refractivity contribution < 1.29 is 4.39 Å². The smallest absolute Gasteiger partial charge is 0.146 e. The van der Waals surface area contributed by atoms with Crippen molar-refractivity contribution in [1.29, 1.82) is 0 Å². The van der Waals surface area contributed by atoms with Crippen molar-refractivity contribution in [2.45, 2.75) is 26.4 Å². The van der Waals surface area contributed by atoms with E-state index >= 15 is 0 Å². The molecule has 0 N–H and O–H groups in total. The normalized spacial score (nSPS) is 13.9. The molecule has 0 bridgehead atoms. The fraction of sp³-hybridized carbons (Fsp3) is 0.500. The average molecular weight is 169 g/mol. The van der Waals surface area contributed by atoms with E-state index < -0.39 is 5.67 Å². The van der Waals surface area contributed by atoms with Crippen LogP contribution in [0.15, 0.2) is 29.3 Å². The summed E-state index contributed by atoms with van der Waals surface area (Å²) in [5, 5.41) is 0. The summed E-state index contributed by atoms with van der Waals surface area (Å²) in [5.74, 6) is 0. The van der Waals surface area contributed by atoms with Crippen LogP contribution in [0.1, 0.15) is 20.8 Å². The van der Waals surface area contributed by atoms with Gasteiger partial charge >= 0.3 is 0 Å². The lowest BCUT2D eigenvalue weighted by molar-refractivity contribution is 0.315. The van der Waals surface area contributed by atoms with Crippen LogP contribution >= 0.6 is 0 Å². The van der Waals surface area contributed by atoms with Crippen molar-refractivity contribution in [2.24, 2.45) is 4.99 Å². The molecule has 0 saturated heterocycles. The summed E-state index contributed by atoms with van der Waals surface area (Å²) in [6.45, 7) is 8.50. The minimum absolute atomic E-state index is 0.436. The average Bonchev–Trinajstić information content (AvgIpc) is 1.85. The van der Waals surface area contributed by atoms with E-state index in [0.717, 1.165) is 5.57 Å². The highest BCUT2D eigenvalue weighted by molar-refractivity contribution is 6.01. The lowest BCUT2D eigenvalue weighted by Crippen LogP contribution is -2.24. The van der Waals surface area contributed by atoms with Gasteiger partial charge in [-0.2, -0.15) is 0 Å². The fourth-order valence-electron chi connectivity index (χ4n) is 0.760. The molecule has 0 fully saturated rings. The lowest BCUT2D eigenvalue weighted by atomic mass is 10.0. The third-order valence-corrected chi connectivity index (χ3v) is 1.38. The number of rotatable bonds is 3. The van der Waals surface area contributed by atoms with Crippen molar-refractivity contribution in [3.8, 4) is 0 Å². The number of alkyl halides is 1. The second-order valence-corrected chi connectivity index (χ2v) is 3.26. The molecule has 0 unspecified atom stereocenters. The van der Waals surface area contributed by atoms with Gasteiger partial charge in [-0.25, -0.2) is 4.39 Å². The van der Waals surface area contributed by atoms with Crippen LogP contribution in [-0.2, 0) is 0 Å². The Morgan fingerprint density at radius 1 is 1.42 bits per heavy atom. The van der Waals surface area contributed by atoms with E-state index in [4.69, 9.17) is 0 Å². The number of halogens is 1. The summed E-state index contributed by atoms with van der Waals surface area (Å²) < 4.78 is 13.3. The Kier molecular flexibility index (Phi) is 3.87. The maximum absolute atomic E-state index is 13.3. The highest BCUT2D eigenvalue weighted by Crippen LogP contribution is 2.12. The molecule has 0 aromatic rings. The molecule has 2 heteroatoms. The zero-order valence-electron chi connectivity index (χ0n) is 8.19. The maximum Gasteiger partial charge on any atom is 0.146 e. The van der Waals surface area contributed by atoms with E-state index in [1.807, 2.05) is 6.92 Å². The SMILES string of the molecule is C=C(C)/C=C\C(=NC)C(C)(C)F. The fourth-order valence-corrected chi connectivity index (χ4v) is 0.760. The molecule has 0 aliphatic heterocycles. The largest absolute Gasteiger partial charge is 0.290 e. The molecule has 0 rings (SSSR count). The first-order chi connectivity index (χ1) is 5.38. The molecule has 12 heavy (non-hydrogen) atoms. The summed E-state index contributed by atoms with van der Waals surface area (Å²) >= 11 is 0. The van der Waals surface area contributed by atoms with Crippen LogP contribution in [0.4, 0.5) is 4.39 Å². The molecule has 0 amide bonds. The van der Waals surface area contributed by atoms with Crippen LogP contribution in [0.25, 0.3) is 0 Å². The lowest BCUT2D eigenvalue weighted by Gasteiger charge is -2.13. The van der Waals surface area contributed by atoms with Crippen molar-refractivity contribution in [3.63, 3.8) is 0 Å². The second-order valence-electron chi connectivity index (χ2n) is 3.26. The standard InChI is InChI=1S/C10H16FN/c1-8(2)6-7-9(12-5)10(3,4)11/h6-7H,1H2,2-5H3/b7-6-,12-9?. The molecule has 0 atom stereocenters. The predicted molar refractivity (Wildman–Crippen MR) is 52.5 cm³/mol. The summed E-state index contributed by atoms with van der Waals surface area (Å²) in [6.07, 6.45) is 3.41. The van der Waals surface area contributed by atoms with E-state index in [9.17, 15) is 4.39 Å². The first-order valence-electron chi connectivity index (χ1n) is 3.87.